The van der Waals surface area contributed by atoms with Crippen LogP contribution in [0.25, 0.3) is 0 Å². The summed E-state index contributed by atoms with van der Waals surface area (Å²) in [6.45, 7) is 7.58. The minimum absolute atomic E-state index is 0.0793. The third-order valence-electron chi connectivity index (χ3n) is 3.15. The van der Waals surface area contributed by atoms with Crippen LogP contribution in [0, 0.1) is 6.92 Å². The van der Waals surface area contributed by atoms with Crippen LogP contribution in [-0.4, -0.2) is 28.9 Å². The number of aromatic nitrogens is 1. The molecule has 2 aromatic rings. The van der Waals surface area contributed by atoms with Gasteiger partial charge in [-0.3, -0.25) is 9.59 Å². The van der Waals surface area contributed by atoms with E-state index in [1.54, 1.807) is 31.2 Å². The molecule has 0 spiro atoms. The zero-order chi connectivity index (χ0) is 19.3. The summed E-state index contributed by atoms with van der Waals surface area (Å²) in [5, 5.41) is 6.73. The highest BCUT2D eigenvalue weighted by Gasteiger charge is 2.18. The van der Waals surface area contributed by atoms with Gasteiger partial charge in [-0.05, 0) is 52.0 Å². The van der Waals surface area contributed by atoms with Crippen LogP contribution in [0.4, 0.5) is 0 Å². The molecule has 0 saturated heterocycles. The Labute approximate surface area is 161 Å². The number of aryl methyl sites for hydroxylation is 1. The first-order valence-corrected chi connectivity index (χ1v) is 9.27. The van der Waals surface area contributed by atoms with Gasteiger partial charge in [-0.25, -0.2) is 4.98 Å². The van der Waals surface area contributed by atoms with Gasteiger partial charge < -0.3 is 15.4 Å². The molecule has 0 aliphatic heterocycles. The van der Waals surface area contributed by atoms with Gasteiger partial charge in [0.05, 0.1) is 12.2 Å². The summed E-state index contributed by atoms with van der Waals surface area (Å²) in [5.74, 6) is 0.119. The van der Waals surface area contributed by atoms with Crippen LogP contribution < -0.4 is 15.4 Å². The molecular weight excluding hydrogens is 374 g/mol. The molecule has 1 heterocycles. The van der Waals surface area contributed by atoms with Crippen molar-refractivity contribution in [1.29, 1.82) is 0 Å². The minimum atomic E-state index is -0.339. The number of hydrogen-bond acceptors (Lipinski definition) is 5. The Balaban J connectivity index is 1.91. The van der Waals surface area contributed by atoms with Crippen molar-refractivity contribution in [2.75, 3.05) is 6.54 Å². The SMILES string of the molecule is Cc1nc(COc2ccc(Cl)cc2)sc1C(=O)NCC(=O)NC(C)(C)C. The number of carbonyl (C=O) groups is 2. The van der Waals surface area contributed by atoms with Gasteiger partial charge in [-0.15, -0.1) is 11.3 Å². The molecule has 0 unspecified atom stereocenters. The molecule has 0 atom stereocenters. The third-order valence-corrected chi connectivity index (χ3v) is 4.53. The molecule has 0 bridgehead atoms. The highest BCUT2D eigenvalue weighted by Crippen LogP contribution is 2.21. The van der Waals surface area contributed by atoms with Crippen LogP contribution in [0.5, 0.6) is 5.75 Å². The first-order chi connectivity index (χ1) is 12.1. The van der Waals surface area contributed by atoms with Crippen molar-refractivity contribution in [2.24, 2.45) is 0 Å². The number of carbonyl (C=O) groups excluding carboxylic acids is 2. The van der Waals surface area contributed by atoms with Crippen LogP contribution in [0.15, 0.2) is 24.3 Å². The molecule has 8 heteroatoms. The molecule has 1 aromatic carbocycles. The van der Waals surface area contributed by atoms with E-state index in [1.165, 1.54) is 11.3 Å². The van der Waals surface area contributed by atoms with E-state index >= 15 is 0 Å². The van der Waals surface area contributed by atoms with E-state index in [0.29, 0.717) is 26.4 Å². The number of benzene rings is 1. The molecule has 6 nitrogen and oxygen atoms in total. The van der Waals surface area contributed by atoms with Gasteiger partial charge in [0.25, 0.3) is 5.91 Å². The van der Waals surface area contributed by atoms with Crippen LogP contribution in [0.2, 0.25) is 5.02 Å². The monoisotopic (exact) mass is 395 g/mol. The van der Waals surface area contributed by atoms with Gasteiger partial charge in [-0.1, -0.05) is 11.6 Å². The molecule has 0 aliphatic rings. The summed E-state index contributed by atoms with van der Waals surface area (Å²) in [7, 11) is 0. The average Bonchev–Trinajstić information content (AvgIpc) is 2.91. The second-order valence-electron chi connectivity index (χ2n) is 6.75. The van der Waals surface area contributed by atoms with Gasteiger partial charge in [0.2, 0.25) is 5.91 Å². The topological polar surface area (TPSA) is 80.3 Å². The van der Waals surface area contributed by atoms with Crippen molar-refractivity contribution in [3.8, 4) is 5.75 Å². The lowest BCUT2D eigenvalue weighted by molar-refractivity contribution is -0.121. The van der Waals surface area contributed by atoms with E-state index in [1.807, 2.05) is 20.8 Å². The molecule has 140 valence electrons. The fraction of sp³-hybridized carbons (Fsp3) is 0.389. The van der Waals surface area contributed by atoms with Crippen molar-refractivity contribution in [1.82, 2.24) is 15.6 Å². The van der Waals surface area contributed by atoms with E-state index in [2.05, 4.69) is 15.6 Å². The number of halogens is 1. The number of amides is 2. The predicted octanol–water partition coefficient (Wildman–Crippen LogP) is 3.33. The first-order valence-electron chi connectivity index (χ1n) is 8.08. The summed E-state index contributed by atoms with van der Waals surface area (Å²) < 4.78 is 5.64. The Morgan fingerprint density at radius 2 is 1.88 bits per heavy atom. The van der Waals surface area contributed by atoms with Crippen LogP contribution in [0.1, 0.15) is 41.1 Å². The van der Waals surface area contributed by atoms with Crippen molar-refractivity contribution in [3.05, 3.63) is 44.9 Å². The molecular formula is C18H22ClN3O3S. The maximum atomic E-state index is 12.3. The van der Waals surface area contributed by atoms with Gasteiger partial charge >= 0.3 is 0 Å². The maximum absolute atomic E-state index is 12.3. The Kier molecular flexibility index (Phi) is 6.61. The fourth-order valence-electron chi connectivity index (χ4n) is 2.10. The van der Waals surface area contributed by atoms with Gasteiger partial charge in [0, 0.05) is 10.6 Å². The molecule has 2 rings (SSSR count). The Hall–Kier alpha value is -2.12. The van der Waals surface area contributed by atoms with Gasteiger partial charge in [-0.2, -0.15) is 0 Å². The molecule has 0 radical (unpaired) electrons. The van der Waals surface area contributed by atoms with Crippen molar-refractivity contribution >= 4 is 34.8 Å². The van der Waals surface area contributed by atoms with Crippen molar-refractivity contribution in [2.45, 2.75) is 39.8 Å². The molecule has 0 fully saturated rings. The molecule has 1 aromatic heterocycles. The van der Waals surface area contributed by atoms with Crippen molar-refractivity contribution < 1.29 is 14.3 Å². The fourth-order valence-corrected chi connectivity index (χ4v) is 3.12. The molecule has 2 N–H and O–H groups in total. The second-order valence-corrected chi connectivity index (χ2v) is 8.27. The van der Waals surface area contributed by atoms with E-state index in [9.17, 15) is 9.59 Å². The predicted molar refractivity (Wildman–Crippen MR) is 103 cm³/mol. The summed E-state index contributed by atoms with van der Waals surface area (Å²) in [6.07, 6.45) is 0. The quantitative estimate of drug-likeness (QED) is 0.786. The van der Waals surface area contributed by atoms with E-state index in [4.69, 9.17) is 16.3 Å². The lowest BCUT2D eigenvalue weighted by Gasteiger charge is -2.20. The largest absolute Gasteiger partial charge is 0.486 e. The number of thiazole rings is 1. The summed E-state index contributed by atoms with van der Waals surface area (Å²) in [6, 6.07) is 7.02. The lowest BCUT2D eigenvalue weighted by atomic mass is 10.1. The van der Waals surface area contributed by atoms with Gasteiger partial charge in [0.1, 0.15) is 22.2 Å². The maximum Gasteiger partial charge on any atom is 0.263 e. The number of nitrogens with one attached hydrogen (secondary N) is 2. The third kappa shape index (κ3) is 6.31. The van der Waals surface area contributed by atoms with Gasteiger partial charge in [0.15, 0.2) is 0 Å². The second kappa shape index (κ2) is 8.51. The zero-order valence-electron chi connectivity index (χ0n) is 15.2. The van der Waals surface area contributed by atoms with E-state index in [-0.39, 0.29) is 30.5 Å². The minimum Gasteiger partial charge on any atom is -0.486 e. The Morgan fingerprint density at radius 1 is 1.23 bits per heavy atom. The smallest absolute Gasteiger partial charge is 0.263 e. The molecule has 26 heavy (non-hydrogen) atoms. The summed E-state index contributed by atoms with van der Waals surface area (Å²) in [5.41, 5.74) is 0.271. The summed E-state index contributed by atoms with van der Waals surface area (Å²) >= 11 is 7.09. The van der Waals surface area contributed by atoms with Crippen molar-refractivity contribution in [3.63, 3.8) is 0 Å². The normalized spacial score (nSPS) is 11.1. The average molecular weight is 396 g/mol. The number of rotatable bonds is 6. The van der Waals surface area contributed by atoms with Crippen LogP contribution in [0.3, 0.4) is 0 Å². The standard InChI is InChI=1S/C18H22ClN3O3S/c1-11-16(17(24)20-9-14(23)22-18(2,3)4)26-15(21-11)10-25-13-7-5-12(19)6-8-13/h5-8H,9-10H2,1-4H3,(H,20,24)(H,22,23). The zero-order valence-corrected chi connectivity index (χ0v) is 16.8. The number of nitrogens with zero attached hydrogens (tertiary/aromatic N) is 1. The number of ether oxygens (including phenoxy) is 1. The number of hydrogen-bond donors (Lipinski definition) is 2. The lowest BCUT2D eigenvalue weighted by Crippen LogP contribution is -2.45. The summed E-state index contributed by atoms with van der Waals surface area (Å²) in [4.78, 5) is 28.9. The highest BCUT2D eigenvalue weighted by atomic mass is 35.5. The van der Waals surface area contributed by atoms with E-state index < -0.39 is 0 Å². The Bertz CT molecular complexity index is 782. The van der Waals surface area contributed by atoms with Crippen LogP contribution >= 0.6 is 22.9 Å². The molecule has 0 aliphatic carbocycles. The first kappa shape index (κ1) is 20.2. The Morgan fingerprint density at radius 3 is 2.50 bits per heavy atom. The molecule has 0 saturated carbocycles. The van der Waals surface area contributed by atoms with E-state index in [0.717, 1.165) is 0 Å². The van der Waals surface area contributed by atoms with Crippen LogP contribution in [-0.2, 0) is 11.4 Å². The molecule has 2 amide bonds. The highest BCUT2D eigenvalue weighted by molar-refractivity contribution is 7.13.